The molecule has 1 aromatic heterocycles. The summed E-state index contributed by atoms with van der Waals surface area (Å²) in [6, 6.07) is 8.37. The Bertz CT molecular complexity index is 656. The largest absolute Gasteiger partial charge is 0.481 e. The summed E-state index contributed by atoms with van der Waals surface area (Å²) in [6.45, 7) is 5.19. The molecule has 1 aliphatic rings. The zero-order valence-electron chi connectivity index (χ0n) is 12.4. The first-order chi connectivity index (χ1) is 10.1. The molecule has 2 aromatic rings. The number of carbonyl (C=O) groups is 1. The van der Waals surface area contributed by atoms with E-state index < -0.39 is 11.9 Å². The van der Waals surface area contributed by atoms with Crippen LogP contribution >= 0.6 is 0 Å². The van der Waals surface area contributed by atoms with Gasteiger partial charge in [-0.2, -0.15) is 0 Å². The fraction of sp³-hybridized carbons (Fsp3) is 0.412. The van der Waals surface area contributed by atoms with Crippen molar-refractivity contribution in [2.24, 2.45) is 0 Å². The molecule has 0 fully saturated rings. The molecule has 0 aliphatic carbocycles. The number of carboxylic acid groups (broad SMARTS) is 1. The molecule has 0 spiro atoms. The van der Waals surface area contributed by atoms with Gasteiger partial charge in [-0.05, 0) is 24.3 Å². The molecule has 0 radical (unpaired) electrons. The average molecular weight is 284 g/mol. The van der Waals surface area contributed by atoms with Gasteiger partial charge in [-0.15, -0.1) is 0 Å². The van der Waals surface area contributed by atoms with Crippen LogP contribution in [0.2, 0.25) is 0 Å². The van der Waals surface area contributed by atoms with Crippen molar-refractivity contribution in [3.8, 4) is 11.3 Å². The lowest BCUT2D eigenvalue weighted by Gasteiger charge is -2.19. The summed E-state index contributed by atoms with van der Waals surface area (Å²) < 4.78 is 1.99. The summed E-state index contributed by atoms with van der Waals surface area (Å²) in [6.07, 6.45) is 3.55. The number of aromatic nitrogens is 2. The van der Waals surface area contributed by atoms with Crippen molar-refractivity contribution < 1.29 is 9.90 Å². The molecule has 1 aliphatic heterocycles. The minimum absolute atomic E-state index is 0.470. The van der Waals surface area contributed by atoms with E-state index in [0.29, 0.717) is 18.2 Å². The molecule has 3 rings (SSSR count). The maximum absolute atomic E-state index is 11.3. The zero-order chi connectivity index (χ0) is 15.0. The monoisotopic (exact) mass is 284 g/mol. The van der Waals surface area contributed by atoms with Crippen LogP contribution in [0.25, 0.3) is 11.3 Å². The normalized spacial score (nSPS) is 17.8. The highest BCUT2D eigenvalue weighted by atomic mass is 16.4. The topological polar surface area (TPSA) is 55.1 Å². The van der Waals surface area contributed by atoms with Crippen LogP contribution in [0.3, 0.4) is 0 Å². The van der Waals surface area contributed by atoms with Crippen LogP contribution in [-0.4, -0.2) is 20.6 Å². The van der Waals surface area contributed by atoms with Gasteiger partial charge < -0.3 is 9.67 Å². The van der Waals surface area contributed by atoms with E-state index in [-0.39, 0.29) is 0 Å². The Labute approximate surface area is 124 Å². The molecule has 1 aromatic carbocycles. The first kappa shape index (κ1) is 13.9. The van der Waals surface area contributed by atoms with Crippen molar-refractivity contribution in [3.63, 3.8) is 0 Å². The first-order valence-corrected chi connectivity index (χ1v) is 7.46. The van der Waals surface area contributed by atoms with Crippen molar-refractivity contribution in [2.75, 3.05) is 0 Å². The third kappa shape index (κ3) is 2.58. The Morgan fingerprint density at radius 1 is 1.33 bits per heavy atom. The Morgan fingerprint density at radius 2 is 2.05 bits per heavy atom. The number of hydrogen-bond acceptors (Lipinski definition) is 2. The smallest absolute Gasteiger partial charge is 0.314 e. The van der Waals surface area contributed by atoms with E-state index in [2.05, 4.69) is 43.1 Å². The van der Waals surface area contributed by atoms with E-state index in [1.807, 2.05) is 10.8 Å². The number of nitrogens with zero attached hydrogens (tertiary/aromatic N) is 2. The molecule has 1 unspecified atom stereocenters. The highest BCUT2D eigenvalue weighted by molar-refractivity contribution is 5.75. The molecule has 4 nitrogen and oxygen atoms in total. The number of aryl methyl sites for hydroxylation is 1. The van der Waals surface area contributed by atoms with Crippen LogP contribution in [0.1, 0.15) is 49.9 Å². The molecule has 1 atom stereocenters. The molecule has 2 heterocycles. The quantitative estimate of drug-likeness (QED) is 0.936. The second kappa shape index (κ2) is 5.35. The second-order valence-electron chi connectivity index (χ2n) is 5.99. The standard InChI is InChI=1S/C17H20N2O2/c1-11(2)12-5-7-13(8-6-12)15-10-19-9-3-4-14(17(20)21)16(19)18-15/h5-8,10-11,14H,3-4,9H2,1-2H3,(H,20,21). The Balaban J connectivity index is 1.95. The van der Waals surface area contributed by atoms with Gasteiger partial charge in [-0.1, -0.05) is 38.1 Å². The lowest BCUT2D eigenvalue weighted by Crippen LogP contribution is -2.21. The summed E-state index contributed by atoms with van der Waals surface area (Å²) >= 11 is 0. The predicted molar refractivity (Wildman–Crippen MR) is 81.4 cm³/mol. The fourth-order valence-corrected chi connectivity index (χ4v) is 2.89. The minimum Gasteiger partial charge on any atom is -0.481 e. The van der Waals surface area contributed by atoms with Gasteiger partial charge in [0.25, 0.3) is 0 Å². The van der Waals surface area contributed by atoms with E-state index in [1.165, 1.54) is 5.56 Å². The van der Waals surface area contributed by atoms with Gasteiger partial charge in [0.2, 0.25) is 0 Å². The van der Waals surface area contributed by atoms with Crippen LogP contribution in [0.4, 0.5) is 0 Å². The SMILES string of the molecule is CC(C)c1ccc(-c2cn3c(n2)C(C(=O)O)CCC3)cc1. The second-order valence-corrected chi connectivity index (χ2v) is 5.99. The minimum atomic E-state index is -0.775. The zero-order valence-corrected chi connectivity index (χ0v) is 12.4. The van der Waals surface area contributed by atoms with Crippen molar-refractivity contribution in [1.29, 1.82) is 0 Å². The van der Waals surface area contributed by atoms with Gasteiger partial charge in [0.05, 0.1) is 5.69 Å². The van der Waals surface area contributed by atoms with Gasteiger partial charge in [-0.3, -0.25) is 4.79 Å². The van der Waals surface area contributed by atoms with Gasteiger partial charge in [0, 0.05) is 18.3 Å². The predicted octanol–water partition coefficient (Wildman–Crippen LogP) is 3.64. The van der Waals surface area contributed by atoms with Gasteiger partial charge in [0.15, 0.2) is 0 Å². The molecular formula is C17H20N2O2. The van der Waals surface area contributed by atoms with E-state index in [4.69, 9.17) is 0 Å². The maximum Gasteiger partial charge on any atom is 0.314 e. The van der Waals surface area contributed by atoms with E-state index in [1.54, 1.807) is 0 Å². The molecular weight excluding hydrogens is 264 g/mol. The number of rotatable bonds is 3. The molecule has 0 amide bonds. The molecule has 0 saturated heterocycles. The number of fused-ring (bicyclic) bond motifs is 1. The number of benzene rings is 1. The first-order valence-electron chi connectivity index (χ1n) is 7.46. The number of imidazole rings is 1. The Kier molecular flexibility index (Phi) is 3.53. The molecule has 21 heavy (non-hydrogen) atoms. The molecule has 0 saturated carbocycles. The van der Waals surface area contributed by atoms with Gasteiger partial charge in [-0.25, -0.2) is 4.98 Å². The summed E-state index contributed by atoms with van der Waals surface area (Å²) in [5, 5.41) is 9.31. The molecule has 4 heteroatoms. The van der Waals surface area contributed by atoms with Crippen molar-refractivity contribution in [3.05, 3.63) is 41.9 Å². The van der Waals surface area contributed by atoms with Crippen molar-refractivity contribution in [1.82, 2.24) is 9.55 Å². The third-order valence-corrected chi connectivity index (χ3v) is 4.18. The highest BCUT2D eigenvalue weighted by Gasteiger charge is 2.28. The van der Waals surface area contributed by atoms with Crippen LogP contribution in [0.15, 0.2) is 30.5 Å². The summed E-state index contributed by atoms with van der Waals surface area (Å²) in [5.74, 6) is -0.0481. The van der Waals surface area contributed by atoms with Crippen LogP contribution in [0, 0.1) is 0 Å². The van der Waals surface area contributed by atoms with Crippen molar-refractivity contribution in [2.45, 2.75) is 45.1 Å². The number of hydrogen-bond donors (Lipinski definition) is 1. The van der Waals surface area contributed by atoms with E-state index in [0.717, 1.165) is 24.2 Å². The van der Waals surface area contributed by atoms with Crippen LogP contribution in [0.5, 0.6) is 0 Å². The van der Waals surface area contributed by atoms with E-state index >= 15 is 0 Å². The summed E-state index contributed by atoms with van der Waals surface area (Å²) in [4.78, 5) is 15.9. The maximum atomic E-state index is 11.3. The summed E-state index contributed by atoms with van der Waals surface area (Å²) in [7, 11) is 0. The van der Waals surface area contributed by atoms with Gasteiger partial charge >= 0.3 is 5.97 Å². The third-order valence-electron chi connectivity index (χ3n) is 4.18. The highest BCUT2D eigenvalue weighted by Crippen LogP contribution is 2.30. The molecule has 110 valence electrons. The fourth-order valence-electron chi connectivity index (χ4n) is 2.89. The number of carboxylic acids is 1. The number of aliphatic carboxylic acids is 1. The lowest BCUT2D eigenvalue weighted by atomic mass is 9.99. The Morgan fingerprint density at radius 3 is 2.67 bits per heavy atom. The average Bonchev–Trinajstić information content (AvgIpc) is 2.90. The molecule has 0 bridgehead atoms. The van der Waals surface area contributed by atoms with Gasteiger partial charge in [0.1, 0.15) is 11.7 Å². The lowest BCUT2D eigenvalue weighted by molar-refractivity contribution is -0.139. The Hall–Kier alpha value is -2.10. The van der Waals surface area contributed by atoms with Crippen molar-refractivity contribution >= 4 is 5.97 Å². The van der Waals surface area contributed by atoms with Crippen LogP contribution in [-0.2, 0) is 11.3 Å². The summed E-state index contributed by atoms with van der Waals surface area (Å²) in [5.41, 5.74) is 3.21. The van der Waals surface area contributed by atoms with Crippen LogP contribution < -0.4 is 0 Å². The van der Waals surface area contributed by atoms with E-state index in [9.17, 15) is 9.90 Å². The molecule has 1 N–H and O–H groups in total.